The van der Waals surface area contributed by atoms with Gasteiger partial charge in [-0.15, -0.1) is 0 Å². The van der Waals surface area contributed by atoms with Crippen LogP contribution in [0, 0.1) is 0 Å². The molecule has 0 bridgehead atoms. The van der Waals surface area contributed by atoms with Gasteiger partial charge in [-0.1, -0.05) is 6.92 Å². The first-order valence-electron chi connectivity index (χ1n) is 10.2. The Hall–Kier alpha value is -2.91. The highest BCUT2D eigenvalue weighted by molar-refractivity contribution is 5.94. The smallest absolute Gasteiger partial charge is 0.341 e. The number of hydrogen-bond acceptors (Lipinski definition) is 7. The van der Waals surface area contributed by atoms with E-state index in [-0.39, 0.29) is 30.6 Å². The topological polar surface area (TPSA) is 138 Å². The van der Waals surface area contributed by atoms with Crippen molar-refractivity contribution in [3.05, 3.63) is 34.1 Å². The third kappa shape index (κ3) is 7.37. The number of nitrogens with one attached hydrogen (secondary N) is 1. The van der Waals surface area contributed by atoms with Crippen LogP contribution in [0.15, 0.2) is 23.1 Å². The molecule has 4 N–H and O–H groups in total. The number of Topliss-reactive ketones (excluding diaryl/α,β-unsaturated/α-hetero) is 1. The Morgan fingerprint density at radius 2 is 1.77 bits per heavy atom. The zero-order valence-electron chi connectivity index (χ0n) is 18.5. The molecule has 1 heterocycles. The maximum absolute atomic E-state index is 12.5. The van der Waals surface area contributed by atoms with Crippen LogP contribution in [0.2, 0.25) is 0 Å². The van der Waals surface area contributed by atoms with Crippen molar-refractivity contribution < 1.29 is 29.6 Å². The van der Waals surface area contributed by atoms with Crippen molar-refractivity contribution in [1.29, 1.82) is 0 Å². The number of rotatable bonds is 7. The Kier molecular flexibility index (Phi) is 10.7. The molecule has 31 heavy (non-hydrogen) atoms. The summed E-state index contributed by atoms with van der Waals surface area (Å²) in [6.07, 6.45) is 4.11. The van der Waals surface area contributed by atoms with Gasteiger partial charge in [-0.2, -0.15) is 0 Å². The Bertz CT molecular complexity index is 947. The molecule has 1 aliphatic carbocycles. The van der Waals surface area contributed by atoms with E-state index >= 15 is 0 Å². The first-order valence-corrected chi connectivity index (χ1v) is 10.2. The number of ketones is 1. The maximum atomic E-state index is 12.5. The molecule has 1 fully saturated rings. The number of aromatic nitrogens is 1. The van der Waals surface area contributed by atoms with Gasteiger partial charge in [0.1, 0.15) is 17.1 Å². The summed E-state index contributed by atoms with van der Waals surface area (Å²) >= 11 is 0. The van der Waals surface area contributed by atoms with Crippen LogP contribution in [0.3, 0.4) is 0 Å². The number of aromatic carboxylic acids is 1. The lowest BCUT2D eigenvalue weighted by Gasteiger charge is -2.15. The number of aliphatic hydroxyl groups excluding tert-OH is 2. The van der Waals surface area contributed by atoms with E-state index in [0.717, 1.165) is 18.4 Å². The van der Waals surface area contributed by atoms with Crippen molar-refractivity contribution in [3.63, 3.8) is 0 Å². The van der Waals surface area contributed by atoms with Crippen LogP contribution in [-0.4, -0.2) is 58.5 Å². The Balaban J connectivity index is 0.000000454. The molecule has 1 aliphatic rings. The number of carboxylic acids is 1. The quantitative estimate of drug-likeness (QED) is 0.519. The largest absolute Gasteiger partial charge is 0.495 e. The van der Waals surface area contributed by atoms with Gasteiger partial charge in [-0.25, -0.2) is 4.79 Å². The van der Waals surface area contributed by atoms with Gasteiger partial charge in [0.2, 0.25) is 5.43 Å². The average Bonchev–Trinajstić information content (AvgIpc) is 3.59. The molecule has 1 aromatic carbocycles. The molecule has 2 aromatic rings. The van der Waals surface area contributed by atoms with Crippen molar-refractivity contribution in [2.75, 3.05) is 32.2 Å². The van der Waals surface area contributed by atoms with Gasteiger partial charge in [0.15, 0.2) is 0 Å². The van der Waals surface area contributed by atoms with Crippen LogP contribution in [0.4, 0.5) is 5.69 Å². The van der Waals surface area contributed by atoms with Crippen molar-refractivity contribution in [2.45, 2.75) is 46.1 Å². The van der Waals surface area contributed by atoms with Crippen LogP contribution in [0.1, 0.15) is 56.4 Å². The Morgan fingerprint density at radius 3 is 2.16 bits per heavy atom. The SMILES string of the molecule is CCC(C)=O.CCNc1cc2c(=O)c(C(=O)O)cn(C3CC3)c2cc1OC.OCCO. The van der Waals surface area contributed by atoms with Crippen LogP contribution >= 0.6 is 0 Å². The van der Waals surface area contributed by atoms with Gasteiger partial charge in [0.05, 0.1) is 31.5 Å². The normalized spacial score (nSPS) is 12.2. The van der Waals surface area contributed by atoms with E-state index in [9.17, 15) is 19.5 Å². The van der Waals surface area contributed by atoms with E-state index in [0.29, 0.717) is 29.8 Å². The van der Waals surface area contributed by atoms with Gasteiger partial charge in [0, 0.05) is 36.7 Å². The van der Waals surface area contributed by atoms with E-state index in [1.165, 1.54) is 6.20 Å². The van der Waals surface area contributed by atoms with Crippen LogP contribution in [-0.2, 0) is 4.79 Å². The lowest BCUT2D eigenvalue weighted by atomic mass is 10.1. The van der Waals surface area contributed by atoms with Gasteiger partial charge < -0.3 is 34.7 Å². The Morgan fingerprint density at radius 1 is 1.19 bits per heavy atom. The second-order valence-electron chi connectivity index (χ2n) is 6.92. The molecule has 172 valence electrons. The molecule has 0 spiro atoms. The molecular formula is C22H32N2O7. The van der Waals surface area contributed by atoms with Crippen LogP contribution < -0.4 is 15.5 Å². The number of carboxylic acid groups (broad SMARTS) is 1. The highest BCUT2D eigenvalue weighted by Gasteiger charge is 2.27. The molecule has 0 aliphatic heterocycles. The molecule has 0 saturated heterocycles. The minimum atomic E-state index is -1.19. The van der Waals surface area contributed by atoms with Crippen LogP contribution in [0.25, 0.3) is 10.9 Å². The van der Waals surface area contributed by atoms with Gasteiger partial charge in [-0.3, -0.25) is 4.79 Å². The summed E-state index contributed by atoms with van der Waals surface area (Å²) in [6.45, 7) is 5.80. The lowest BCUT2D eigenvalue weighted by Crippen LogP contribution is -2.19. The number of pyridine rings is 1. The lowest BCUT2D eigenvalue weighted by molar-refractivity contribution is -0.116. The molecule has 0 amide bonds. The standard InChI is InChI=1S/C16H18N2O4.C4H8O.C2H6O2/c1-3-17-12-6-10-13(7-14(12)22-2)18(9-4-5-9)8-11(15(10)19)16(20)21;1-3-4(2)5;3-1-2-4/h6-9,17H,3-5H2,1-2H3,(H,20,21);3H2,1-2H3;3-4H,1-2H2. The average molecular weight is 437 g/mol. The summed E-state index contributed by atoms with van der Waals surface area (Å²) in [4.78, 5) is 33.6. The number of hydrogen-bond donors (Lipinski definition) is 4. The number of carbonyl (C=O) groups excluding carboxylic acids is 1. The van der Waals surface area contributed by atoms with E-state index in [4.69, 9.17) is 14.9 Å². The van der Waals surface area contributed by atoms with Gasteiger partial charge >= 0.3 is 5.97 Å². The monoisotopic (exact) mass is 436 g/mol. The summed E-state index contributed by atoms with van der Waals surface area (Å²) in [5.41, 5.74) is 0.767. The summed E-state index contributed by atoms with van der Waals surface area (Å²) in [7, 11) is 1.58. The van der Waals surface area contributed by atoms with Crippen molar-refractivity contribution in [1.82, 2.24) is 4.57 Å². The Labute approximate surface area is 181 Å². The molecule has 0 unspecified atom stereocenters. The number of benzene rings is 1. The second kappa shape index (κ2) is 12.7. The second-order valence-corrected chi connectivity index (χ2v) is 6.92. The van der Waals surface area contributed by atoms with E-state index in [1.807, 2.05) is 18.4 Å². The highest BCUT2D eigenvalue weighted by Crippen LogP contribution is 2.38. The number of anilines is 1. The number of nitrogens with zero attached hydrogens (tertiary/aromatic N) is 1. The fraction of sp³-hybridized carbons (Fsp3) is 0.500. The number of aliphatic hydroxyl groups is 2. The van der Waals surface area contributed by atoms with Crippen molar-refractivity contribution in [2.24, 2.45) is 0 Å². The fourth-order valence-electron chi connectivity index (χ4n) is 2.68. The van der Waals surface area contributed by atoms with Gasteiger partial charge in [0.25, 0.3) is 0 Å². The molecular weight excluding hydrogens is 404 g/mol. The summed E-state index contributed by atoms with van der Waals surface area (Å²) in [6, 6.07) is 3.75. The minimum Gasteiger partial charge on any atom is -0.495 e. The molecule has 9 nitrogen and oxygen atoms in total. The molecule has 3 rings (SSSR count). The predicted octanol–water partition coefficient (Wildman–Crippen LogP) is 2.43. The van der Waals surface area contributed by atoms with E-state index in [2.05, 4.69) is 5.32 Å². The molecule has 1 aromatic heterocycles. The summed E-state index contributed by atoms with van der Waals surface area (Å²) in [5.74, 6) is -0.293. The first kappa shape index (κ1) is 26.1. The summed E-state index contributed by atoms with van der Waals surface area (Å²) in [5, 5.41) is 28.1. The van der Waals surface area contributed by atoms with E-state index < -0.39 is 11.4 Å². The molecule has 0 radical (unpaired) electrons. The summed E-state index contributed by atoms with van der Waals surface area (Å²) < 4.78 is 7.27. The van der Waals surface area contributed by atoms with E-state index in [1.54, 1.807) is 26.2 Å². The van der Waals surface area contributed by atoms with Crippen molar-refractivity contribution in [3.8, 4) is 5.75 Å². The third-order valence-electron chi connectivity index (χ3n) is 4.49. The predicted molar refractivity (Wildman–Crippen MR) is 119 cm³/mol. The maximum Gasteiger partial charge on any atom is 0.341 e. The third-order valence-corrected chi connectivity index (χ3v) is 4.49. The van der Waals surface area contributed by atoms with Crippen molar-refractivity contribution >= 4 is 28.3 Å². The highest BCUT2D eigenvalue weighted by atomic mass is 16.5. The van der Waals surface area contributed by atoms with Gasteiger partial charge in [-0.05, 0) is 32.8 Å². The number of ether oxygens (including phenoxy) is 1. The minimum absolute atomic E-state index is 0.125. The molecule has 1 saturated carbocycles. The number of carbonyl (C=O) groups is 2. The molecule has 0 atom stereocenters. The first-order chi connectivity index (χ1) is 14.7. The zero-order valence-corrected chi connectivity index (χ0v) is 18.5. The number of fused-ring (bicyclic) bond motifs is 1. The fourth-order valence-corrected chi connectivity index (χ4v) is 2.68. The number of methoxy groups -OCH3 is 1. The molecule has 9 heteroatoms. The van der Waals surface area contributed by atoms with Crippen LogP contribution in [0.5, 0.6) is 5.75 Å². The zero-order chi connectivity index (χ0) is 23.6.